The van der Waals surface area contributed by atoms with E-state index in [-0.39, 0.29) is 11.9 Å². The lowest BCUT2D eigenvalue weighted by Crippen LogP contribution is -2.49. The highest BCUT2D eigenvalue weighted by Gasteiger charge is 2.34. The van der Waals surface area contributed by atoms with Crippen molar-refractivity contribution in [1.82, 2.24) is 4.31 Å². The lowest BCUT2D eigenvalue weighted by molar-refractivity contribution is 0.0405. The predicted molar refractivity (Wildman–Crippen MR) is 71.2 cm³/mol. The van der Waals surface area contributed by atoms with E-state index in [1.807, 2.05) is 0 Å². The SMILES string of the molecule is O=S(=O)(c1ccc(Br)s1)N1CCOCC1CCl. The van der Waals surface area contributed by atoms with Crippen molar-refractivity contribution in [2.24, 2.45) is 0 Å². The number of sulfonamides is 1. The molecule has 0 aliphatic carbocycles. The molecule has 1 saturated heterocycles. The zero-order valence-electron chi connectivity index (χ0n) is 8.80. The first-order valence-electron chi connectivity index (χ1n) is 4.96. The average Bonchev–Trinajstić information content (AvgIpc) is 2.76. The third-order valence-corrected chi connectivity index (χ3v) is 6.86. The lowest BCUT2D eigenvalue weighted by Gasteiger charge is -2.32. The Balaban J connectivity index is 2.30. The van der Waals surface area contributed by atoms with E-state index in [1.54, 1.807) is 12.1 Å². The average molecular weight is 361 g/mol. The number of hydrogen-bond acceptors (Lipinski definition) is 4. The van der Waals surface area contributed by atoms with Gasteiger partial charge in [-0.1, -0.05) is 0 Å². The normalized spacial score (nSPS) is 22.8. The number of halogens is 2. The van der Waals surface area contributed by atoms with Crippen molar-refractivity contribution in [3.05, 3.63) is 15.9 Å². The van der Waals surface area contributed by atoms with Gasteiger partial charge in [0.2, 0.25) is 0 Å². The molecule has 1 unspecified atom stereocenters. The fraction of sp³-hybridized carbons (Fsp3) is 0.556. The van der Waals surface area contributed by atoms with Crippen molar-refractivity contribution in [2.45, 2.75) is 10.3 Å². The molecule has 1 aromatic rings. The molecule has 0 radical (unpaired) electrons. The summed E-state index contributed by atoms with van der Waals surface area (Å²) in [6, 6.07) is 3.05. The highest BCUT2D eigenvalue weighted by atomic mass is 79.9. The van der Waals surface area contributed by atoms with Gasteiger partial charge in [0.05, 0.1) is 23.0 Å². The Morgan fingerprint density at radius 2 is 2.35 bits per heavy atom. The second-order valence-corrected chi connectivity index (χ2v) is 8.45. The third kappa shape index (κ3) is 2.85. The quantitative estimate of drug-likeness (QED) is 0.776. The molecule has 17 heavy (non-hydrogen) atoms. The van der Waals surface area contributed by atoms with Crippen LogP contribution in [0.2, 0.25) is 0 Å². The summed E-state index contributed by atoms with van der Waals surface area (Å²) in [5, 5.41) is 0. The Hall–Kier alpha value is 0.340. The number of ether oxygens (including phenoxy) is 1. The van der Waals surface area contributed by atoms with Crippen LogP contribution >= 0.6 is 38.9 Å². The standard InChI is InChI=1S/C9H11BrClNO3S2/c10-8-1-2-9(16-8)17(13,14)12-3-4-15-6-7(12)5-11/h1-2,7H,3-6H2. The number of morpholine rings is 1. The Morgan fingerprint density at radius 3 is 2.94 bits per heavy atom. The van der Waals surface area contributed by atoms with Crippen molar-refractivity contribution < 1.29 is 13.2 Å². The van der Waals surface area contributed by atoms with E-state index in [1.165, 1.54) is 15.6 Å². The van der Waals surface area contributed by atoms with Crippen LogP contribution in [-0.2, 0) is 14.8 Å². The molecule has 1 aliphatic rings. The first kappa shape index (κ1) is 13.8. The summed E-state index contributed by atoms with van der Waals surface area (Å²) >= 11 is 10.3. The first-order valence-corrected chi connectivity index (χ1v) is 8.55. The van der Waals surface area contributed by atoms with Crippen LogP contribution in [0.5, 0.6) is 0 Å². The maximum Gasteiger partial charge on any atom is 0.253 e. The largest absolute Gasteiger partial charge is 0.378 e. The van der Waals surface area contributed by atoms with Crippen LogP contribution < -0.4 is 0 Å². The lowest BCUT2D eigenvalue weighted by atomic mass is 10.3. The van der Waals surface area contributed by atoms with Gasteiger partial charge in [-0.05, 0) is 28.1 Å². The monoisotopic (exact) mass is 359 g/mol. The second-order valence-electron chi connectivity index (χ2n) is 3.56. The van der Waals surface area contributed by atoms with Crippen LogP contribution in [0, 0.1) is 0 Å². The van der Waals surface area contributed by atoms with Gasteiger partial charge >= 0.3 is 0 Å². The molecule has 1 fully saturated rings. The third-order valence-electron chi connectivity index (χ3n) is 2.46. The van der Waals surface area contributed by atoms with Gasteiger partial charge in [-0.15, -0.1) is 22.9 Å². The summed E-state index contributed by atoms with van der Waals surface area (Å²) in [5.74, 6) is 0.242. The molecule has 1 atom stereocenters. The molecule has 1 aliphatic heterocycles. The number of thiophene rings is 1. The molecule has 0 amide bonds. The zero-order chi connectivity index (χ0) is 12.5. The maximum atomic E-state index is 12.4. The summed E-state index contributed by atoms with van der Waals surface area (Å²) in [6.45, 7) is 1.13. The van der Waals surface area contributed by atoms with Gasteiger partial charge in [-0.3, -0.25) is 0 Å². The Bertz CT molecular complexity index is 490. The fourth-order valence-corrected chi connectivity index (χ4v) is 5.70. The Kier molecular flexibility index (Phi) is 4.49. The zero-order valence-corrected chi connectivity index (χ0v) is 12.8. The van der Waals surface area contributed by atoms with Crippen molar-refractivity contribution in [1.29, 1.82) is 0 Å². The van der Waals surface area contributed by atoms with Crippen LogP contribution in [0.1, 0.15) is 0 Å². The molecule has 96 valence electrons. The van der Waals surface area contributed by atoms with E-state index in [0.717, 1.165) is 3.79 Å². The molecule has 4 nitrogen and oxygen atoms in total. The second kappa shape index (κ2) is 5.54. The Labute approximate surface area is 118 Å². The number of nitrogens with zero attached hydrogens (tertiary/aromatic N) is 1. The van der Waals surface area contributed by atoms with Gasteiger partial charge in [0.25, 0.3) is 10.0 Å². The molecule has 2 rings (SSSR count). The molecule has 0 N–H and O–H groups in total. The van der Waals surface area contributed by atoms with Crippen LogP contribution in [0.25, 0.3) is 0 Å². The summed E-state index contributed by atoms with van der Waals surface area (Å²) in [5.41, 5.74) is 0. The summed E-state index contributed by atoms with van der Waals surface area (Å²) in [7, 11) is -3.45. The molecular weight excluding hydrogens is 350 g/mol. The minimum absolute atomic E-state index is 0.242. The van der Waals surface area contributed by atoms with Crippen LogP contribution in [0.4, 0.5) is 0 Å². The van der Waals surface area contributed by atoms with E-state index in [2.05, 4.69) is 15.9 Å². The van der Waals surface area contributed by atoms with Crippen LogP contribution in [0.3, 0.4) is 0 Å². The van der Waals surface area contributed by atoms with E-state index in [4.69, 9.17) is 16.3 Å². The van der Waals surface area contributed by atoms with Crippen molar-refractivity contribution >= 4 is 48.9 Å². The van der Waals surface area contributed by atoms with Gasteiger partial charge in [0.1, 0.15) is 4.21 Å². The summed E-state index contributed by atoms with van der Waals surface area (Å²) in [4.78, 5) is 0. The number of rotatable bonds is 3. The van der Waals surface area contributed by atoms with Gasteiger partial charge < -0.3 is 4.74 Å². The first-order chi connectivity index (χ1) is 8.05. The van der Waals surface area contributed by atoms with Gasteiger partial charge in [0.15, 0.2) is 0 Å². The van der Waals surface area contributed by atoms with Crippen LogP contribution in [0.15, 0.2) is 20.1 Å². The smallest absolute Gasteiger partial charge is 0.253 e. The minimum Gasteiger partial charge on any atom is -0.378 e. The topological polar surface area (TPSA) is 46.6 Å². The summed E-state index contributed by atoms with van der Waals surface area (Å²) in [6.07, 6.45) is 0. The number of alkyl halides is 1. The molecule has 0 aromatic carbocycles. The van der Waals surface area contributed by atoms with Gasteiger partial charge in [0, 0.05) is 12.4 Å². The van der Waals surface area contributed by atoms with Crippen molar-refractivity contribution in [2.75, 3.05) is 25.6 Å². The molecule has 0 saturated carbocycles. The minimum atomic E-state index is -3.45. The van der Waals surface area contributed by atoms with Crippen molar-refractivity contribution in [3.8, 4) is 0 Å². The molecule has 2 heterocycles. The maximum absolute atomic E-state index is 12.4. The van der Waals surface area contributed by atoms with E-state index in [9.17, 15) is 8.42 Å². The number of hydrogen-bond donors (Lipinski definition) is 0. The molecule has 1 aromatic heterocycles. The Morgan fingerprint density at radius 1 is 1.59 bits per heavy atom. The highest BCUT2D eigenvalue weighted by molar-refractivity contribution is 9.11. The van der Waals surface area contributed by atoms with Gasteiger partial charge in [-0.2, -0.15) is 4.31 Å². The van der Waals surface area contributed by atoms with E-state index >= 15 is 0 Å². The van der Waals surface area contributed by atoms with Gasteiger partial charge in [-0.25, -0.2) is 8.42 Å². The molecular formula is C9H11BrClNO3S2. The van der Waals surface area contributed by atoms with E-state index in [0.29, 0.717) is 24.0 Å². The predicted octanol–water partition coefficient (Wildman–Crippen LogP) is 2.14. The highest BCUT2D eigenvalue weighted by Crippen LogP contribution is 2.30. The molecule has 0 bridgehead atoms. The van der Waals surface area contributed by atoms with Crippen molar-refractivity contribution in [3.63, 3.8) is 0 Å². The van der Waals surface area contributed by atoms with E-state index < -0.39 is 10.0 Å². The van der Waals surface area contributed by atoms with Crippen LogP contribution in [-0.4, -0.2) is 44.4 Å². The molecule has 8 heteroatoms. The fourth-order valence-electron chi connectivity index (χ4n) is 1.63. The summed E-state index contributed by atoms with van der Waals surface area (Å²) < 4.78 is 32.6. The molecule has 0 spiro atoms.